The van der Waals surface area contributed by atoms with Gasteiger partial charge in [-0.25, -0.2) is 0 Å². The van der Waals surface area contributed by atoms with E-state index in [4.69, 9.17) is 4.74 Å². The van der Waals surface area contributed by atoms with Gasteiger partial charge in [-0.05, 0) is 47.8 Å². The fraction of sp³-hybridized carbons (Fsp3) is 0.545. The molecule has 0 aliphatic carbocycles. The average Bonchev–Trinajstić information content (AvgIpc) is 2.87. The number of thiophene rings is 1. The highest BCUT2D eigenvalue weighted by Crippen LogP contribution is 2.22. The first-order valence-corrected chi connectivity index (χ1v) is 6.95. The van der Waals surface area contributed by atoms with Crippen LogP contribution in [-0.2, 0) is 4.74 Å². The second-order valence-corrected chi connectivity index (χ2v) is 6.38. The van der Waals surface area contributed by atoms with E-state index in [0.717, 1.165) is 28.1 Å². The van der Waals surface area contributed by atoms with Gasteiger partial charge in [0.1, 0.15) is 0 Å². The Balaban J connectivity index is 1.91. The van der Waals surface area contributed by atoms with Crippen LogP contribution < -0.4 is 5.32 Å². The number of halogens is 1. The zero-order valence-corrected chi connectivity index (χ0v) is 11.4. The first kappa shape index (κ1) is 12.1. The summed E-state index contributed by atoms with van der Waals surface area (Å²) in [6, 6.07) is 3.79. The molecule has 88 valence electrons. The minimum atomic E-state index is -0.0151. The summed E-state index contributed by atoms with van der Waals surface area (Å²) in [7, 11) is 0. The first-order chi connectivity index (χ1) is 7.66. The number of rotatable bonds is 3. The van der Waals surface area contributed by atoms with Gasteiger partial charge in [0.2, 0.25) is 0 Å². The first-order valence-electron chi connectivity index (χ1n) is 5.34. The molecule has 0 spiro atoms. The summed E-state index contributed by atoms with van der Waals surface area (Å²) in [5, 5.41) is 2.98. The lowest BCUT2D eigenvalue weighted by molar-refractivity contribution is 0.0714. The molecular weight excluding hydrogens is 290 g/mol. The van der Waals surface area contributed by atoms with Gasteiger partial charge in [-0.2, -0.15) is 0 Å². The van der Waals surface area contributed by atoms with E-state index in [-0.39, 0.29) is 18.1 Å². The molecule has 1 amide bonds. The molecule has 1 aromatic heterocycles. The van der Waals surface area contributed by atoms with Crippen molar-refractivity contribution in [1.82, 2.24) is 5.32 Å². The summed E-state index contributed by atoms with van der Waals surface area (Å²) in [5.74, 6) is -0.0151. The van der Waals surface area contributed by atoms with Crippen LogP contribution in [0, 0.1) is 0 Å². The Hall–Kier alpha value is -0.390. The number of amides is 1. The van der Waals surface area contributed by atoms with Crippen molar-refractivity contribution in [2.45, 2.75) is 31.9 Å². The second-order valence-electron chi connectivity index (χ2n) is 3.92. The summed E-state index contributed by atoms with van der Waals surface area (Å²) in [5.41, 5.74) is 0. The Kier molecular flexibility index (Phi) is 4.00. The maximum Gasteiger partial charge on any atom is 0.261 e. The van der Waals surface area contributed by atoms with Crippen molar-refractivity contribution in [1.29, 1.82) is 0 Å². The van der Waals surface area contributed by atoms with E-state index < -0.39 is 0 Å². The van der Waals surface area contributed by atoms with Gasteiger partial charge >= 0.3 is 0 Å². The van der Waals surface area contributed by atoms with Gasteiger partial charge < -0.3 is 10.1 Å². The van der Waals surface area contributed by atoms with E-state index in [9.17, 15) is 4.79 Å². The molecule has 0 bridgehead atoms. The van der Waals surface area contributed by atoms with Crippen molar-refractivity contribution >= 4 is 33.2 Å². The third kappa shape index (κ3) is 2.84. The molecule has 3 nitrogen and oxygen atoms in total. The molecule has 2 atom stereocenters. The van der Waals surface area contributed by atoms with E-state index in [2.05, 4.69) is 21.2 Å². The highest BCUT2D eigenvalue weighted by molar-refractivity contribution is 9.11. The fourth-order valence-corrected chi connectivity index (χ4v) is 3.09. The Morgan fingerprint density at radius 2 is 2.50 bits per heavy atom. The Morgan fingerprint density at radius 3 is 3.06 bits per heavy atom. The average molecular weight is 304 g/mol. The molecule has 2 rings (SSSR count). The lowest BCUT2D eigenvalue weighted by Crippen LogP contribution is -2.40. The Morgan fingerprint density at radius 1 is 1.69 bits per heavy atom. The third-order valence-electron chi connectivity index (χ3n) is 2.68. The van der Waals surface area contributed by atoms with Gasteiger partial charge in [0.15, 0.2) is 0 Å². The van der Waals surface area contributed by atoms with Crippen LogP contribution in [0.15, 0.2) is 15.9 Å². The second kappa shape index (κ2) is 5.29. The molecule has 1 aliphatic heterocycles. The minimum absolute atomic E-state index is 0.0151. The third-order valence-corrected chi connectivity index (χ3v) is 4.30. The van der Waals surface area contributed by atoms with Crippen LogP contribution in [0.5, 0.6) is 0 Å². The van der Waals surface area contributed by atoms with Crippen molar-refractivity contribution in [3.63, 3.8) is 0 Å². The van der Waals surface area contributed by atoms with E-state index in [1.165, 1.54) is 11.3 Å². The van der Waals surface area contributed by atoms with Crippen molar-refractivity contribution < 1.29 is 9.53 Å². The number of nitrogens with one attached hydrogen (secondary N) is 1. The van der Waals surface area contributed by atoms with Gasteiger partial charge in [0.25, 0.3) is 5.91 Å². The van der Waals surface area contributed by atoms with Crippen LogP contribution in [0.1, 0.15) is 29.4 Å². The van der Waals surface area contributed by atoms with Crippen molar-refractivity contribution in [2.24, 2.45) is 0 Å². The quantitative estimate of drug-likeness (QED) is 0.932. The van der Waals surface area contributed by atoms with Crippen LogP contribution in [0.2, 0.25) is 0 Å². The summed E-state index contributed by atoms with van der Waals surface area (Å²) < 4.78 is 6.51. The maximum atomic E-state index is 11.8. The molecular formula is C11H14BrNO2S. The predicted molar refractivity (Wildman–Crippen MR) is 67.9 cm³/mol. The van der Waals surface area contributed by atoms with Crippen LogP contribution in [-0.4, -0.2) is 24.7 Å². The molecule has 0 aromatic carbocycles. The van der Waals surface area contributed by atoms with Gasteiger partial charge in [-0.15, -0.1) is 11.3 Å². The molecule has 0 radical (unpaired) electrons. The molecule has 5 heteroatoms. The molecule has 0 unspecified atom stereocenters. The summed E-state index contributed by atoms with van der Waals surface area (Å²) in [4.78, 5) is 12.6. The molecule has 1 aliphatic rings. The van der Waals surface area contributed by atoms with Crippen molar-refractivity contribution in [3.8, 4) is 0 Å². The highest BCUT2D eigenvalue weighted by Gasteiger charge is 2.24. The molecule has 1 saturated heterocycles. The van der Waals surface area contributed by atoms with Gasteiger partial charge in [-0.3, -0.25) is 4.79 Å². The van der Waals surface area contributed by atoms with Gasteiger partial charge in [-0.1, -0.05) is 0 Å². The van der Waals surface area contributed by atoms with Crippen LogP contribution in [0.25, 0.3) is 0 Å². The molecule has 1 aromatic rings. The van der Waals surface area contributed by atoms with Crippen LogP contribution in [0.4, 0.5) is 0 Å². The zero-order chi connectivity index (χ0) is 11.5. The van der Waals surface area contributed by atoms with Crippen molar-refractivity contribution in [3.05, 3.63) is 20.8 Å². The molecule has 1 N–H and O–H groups in total. The predicted octanol–water partition coefficient (Wildman–Crippen LogP) is 2.81. The lowest BCUT2D eigenvalue weighted by Gasteiger charge is -2.19. The summed E-state index contributed by atoms with van der Waals surface area (Å²) in [6.07, 6.45) is 2.30. The number of ether oxygens (including phenoxy) is 1. The van der Waals surface area contributed by atoms with E-state index in [1.807, 2.05) is 19.1 Å². The monoisotopic (exact) mass is 303 g/mol. The van der Waals surface area contributed by atoms with E-state index >= 15 is 0 Å². The summed E-state index contributed by atoms with van der Waals surface area (Å²) in [6.45, 7) is 2.81. The summed E-state index contributed by atoms with van der Waals surface area (Å²) >= 11 is 4.79. The topological polar surface area (TPSA) is 38.3 Å². The molecule has 0 saturated carbocycles. The number of hydrogen-bond donors (Lipinski definition) is 1. The Labute approximate surface area is 107 Å². The van der Waals surface area contributed by atoms with Crippen LogP contribution in [0.3, 0.4) is 0 Å². The smallest absolute Gasteiger partial charge is 0.261 e. The van der Waals surface area contributed by atoms with E-state index in [1.54, 1.807) is 0 Å². The highest BCUT2D eigenvalue weighted by atomic mass is 79.9. The molecule has 16 heavy (non-hydrogen) atoms. The van der Waals surface area contributed by atoms with Crippen LogP contribution >= 0.6 is 27.3 Å². The molecule has 1 fully saturated rings. The zero-order valence-electron chi connectivity index (χ0n) is 9.03. The largest absolute Gasteiger partial charge is 0.376 e. The number of carbonyl (C=O) groups excluding carboxylic acids is 1. The van der Waals surface area contributed by atoms with Gasteiger partial charge in [0, 0.05) is 6.61 Å². The lowest BCUT2D eigenvalue weighted by atomic mass is 10.1. The van der Waals surface area contributed by atoms with Crippen molar-refractivity contribution in [2.75, 3.05) is 6.61 Å². The van der Waals surface area contributed by atoms with Gasteiger partial charge in [0.05, 0.1) is 20.8 Å². The standard InChI is InChI=1S/C11H14BrNO2S/c1-7(8-3-2-6-15-8)13-11(14)9-4-5-10(12)16-9/h4-5,7-8H,2-3,6H2,1H3,(H,13,14)/t7-,8-/m1/s1. The number of carbonyl (C=O) groups is 1. The Bertz CT molecular complexity index is 374. The van der Waals surface area contributed by atoms with E-state index in [0.29, 0.717) is 0 Å². The minimum Gasteiger partial charge on any atom is -0.376 e. The molecule has 2 heterocycles. The fourth-order valence-electron chi connectivity index (χ4n) is 1.80. The maximum absolute atomic E-state index is 11.8. The SMILES string of the molecule is C[C@@H](NC(=O)c1ccc(Br)s1)[C@H]1CCCO1. The number of hydrogen-bond acceptors (Lipinski definition) is 3. The normalized spacial score (nSPS) is 22.0.